The van der Waals surface area contributed by atoms with Gasteiger partial charge in [0.15, 0.2) is 0 Å². The van der Waals surface area contributed by atoms with Crippen LogP contribution in [0.15, 0.2) is 30.5 Å². The molecule has 7 nitrogen and oxygen atoms in total. The molecule has 1 amide bonds. The summed E-state index contributed by atoms with van der Waals surface area (Å²) in [6.45, 7) is 3.08. The Hall–Kier alpha value is -2.67. The van der Waals surface area contributed by atoms with E-state index in [-0.39, 0.29) is 11.8 Å². The van der Waals surface area contributed by atoms with Crippen molar-refractivity contribution in [1.82, 2.24) is 9.97 Å². The van der Waals surface area contributed by atoms with Crippen LogP contribution in [0.2, 0.25) is 0 Å². The van der Waals surface area contributed by atoms with Crippen LogP contribution >= 0.6 is 0 Å². The molecule has 27 heavy (non-hydrogen) atoms. The number of nitrogens with one attached hydrogen (secondary N) is 1. The van der Waals surface area contributed by atoms with Crippen LogP contribution in [-0.4, -0.2) is 49.3 Å². The zero-order chi connectivity index (χ0) is 18.6. The number of carbonyl (C=O) groups is 1. The number of hydrogen-bond acceptors (Lipinski definition) is 6. The molecule has 1 aliphatic carbocycles. The summed E-state index contributed by atoms with van der Waals surface area (Å²) in [6.07, 6.45) is 4.15. The molecule has 2 aromatic rings. The van der Waals surface area contributed by atoms with Crippen molar-refractivity contribution < 1.29 is 14.3 Å². The van der Waals surface area contributed by atoms with Crippen molar-refractivity contribution >= 4 is 17.5 Å². The lowest BCUT2D eigenvalue weighted by molar-refractivity contribution is -0.120. The van der Waals surface area contributed by atoms with Crippen LogP contribution in [0, 0.1) is 5.92 Å². The summed E-state index contributed by atoms with van der Waals surface area (Å²) in [5, 5.41) is 3.00. The van der Waals surface area contributed by atoms with Crippen molar-refractivity contribution in [2.45, 2.75) is 19.3 Å². The molecule has 0 spiro atoms. The lowest BCUT2D eigenvalue weighted by Crippen LogP contribution is -2.38. The molecule has 1 aromatic heterocycles. The molecule has 0 unspecified atom stereocenters. The van der Waals surface area contributed by atoms with Crippen LogP contribution in [0.4, 0.5) is 11.6 Å². The highest BCUT2D eigenvalue weighted by atomic mass is 16.5. The predicted octanol–water partition coefficient (Wildman–Crippen LogP) is 2.07. The SMILES string of the molecule is COc1cccc(NC(=O)[C@@H]2CCc3nc(N4CCOCC4)ncc3C2)c1. The quantitative estimate of drug-likeness (QED) is 0.890. The molecular formula is C20H24N4O3. The van der Waals surface area contributed by atoms with E-state index >= 15 is 0 Å². The highest BCUT2D eigenvalue weighted by Gasteiger charge is 2.27. The molecule has 1 fully saturated rings. The number of ether oxygens (including phenoxy) is 2. The third-order valence-corrected chi connectivity index (χ3v) is 5.14. The topological polar surface area (TPSA) is 76.6 Å². The fraction of sp³-hybridized carbons (Fsp3) is 0.450. The van der Waals surface area contributed by atoms with Crippen LogP contribution in [-0.2, 0) is 22.4 Å². The Morgan fingerprint density at radius 1 is 1.33 bits per heavy atom. The van der Waals surface area contributed by atoms with E-state index in [1.165, 1.54) is 0 Å². The summed E-state index contributed by atoms with van der Waals surface area (Å²) in [5.74, 6) is 1.47. The molecule has 0 saturated carbocycles. The van der Waals surface area contributed by atoms with Gasteiger partial charge in [-0.2, -0.15) is 0 Å². The minimum absolute atomic E-state index is 0.0335. The van der Waals surface area contributed by atoms with Crippen LogP contribution in [0.25, 0.3) is 0 Å². The molecule has 4 rings (SSSR count). The number of aryl methyl sites for hydroxylation is 1. The van der Waals surface area contributed by atoms with Crippen molar-refractivity contribution in [3.8, 4) is 5.75 Å². The number of morpholine rings is 1. The van der Waals surface area contributed by atoms with Crippen LogP contribution in [0.3, 0.4) is 0 Å². The number of anilines is 2. The first kappa shape index (κ1) is 17.7. The molecule has 1 aliphatic heterocycles. The summed E-state index contributed by atoms with van der Waals surface area (Å²) in [6, 6.07) is 7.42. The second-order valence-electron chi connectivity index (χ2n) is 6.90. The first-order valence-electron chi connectivity index (χ1n) is 9.35. The average Bonchev–Trinajstić information content (AvgIpc) is 2.73. The van der Waals surface area contributed by atoms with Gasteiger partial charge in [-0.3, -0.25) is 4.79 Å². The summed E-state index contributed by atoms with van der Waals surface area (Å²) < 4.78 is 10.6. The number of benzene rings is 1. The van der Waals surface area contributed by atoms with Crippen molar-refractivity contribution in [2.75, 3.05) is 43.6 Å². The normalized spacial score (nSPS) is 19.3. The third kappa shape index (κ3) is 4.03. The highest BCUT2D eigenvalue weighted by molar-refractivity contribution is 5.93. The Bertz CT molecular complexity index is 821. The number of nitrogens with zero attached hydrogens (tertiary/aromatic N) is 3. The van der Waals surface area contributed by atoms with E-state index in [2.05, 4.69) is 15.2 Å². The van der Waals surface area contributed by atoms with E-state index < -0.39 is 0 Å². The zero-order valence-electron chi connectivity index (χ0n) is 15.5. The van der Waals surface area contributed by atoms with Gasteiger partial charge in [0.25, 0.3) is 0 Å². The Morgan fingerprint density at radius 3 is 3.00 bits per heavy atom. The van der Waals surface area contributed by atoms with Crippen LogP contribution in [0.1, 0.15) is 17.7 Å². The molecular weight excluding hydrogens is 344 g/mol. The highest BCUT2D eigenvalue weighted by Crippen LogP contribution is 2.27. The molecule has 7 heteroatoms. The molecule has 0 bridgehead atoms. The Kier molecular flexibility index (Phi) is 5.20. The molecule has 142 valence electrons. The zero-order valence-corrected chi connectivity index (χ0v) is 15.5. The first-order chi connectivity index (χ1) is 13.2. The molecule has 0 radical (unpaired) electrons. The lowest BCUT2D eigenvalue weighted by Gasteiger charge is -2.28. The minimum atomic E-state index is -0.0680. The number of rotatable bonds is 4. The monoisotopic (exact) mass is 368 g/mol. The van der Waals surface area contributed by atoms with Gasteiger partial charge in [0.1, 0.15) is 5.75 Å². The van der Waals surface area contributed by atoms with Gasteiger partial charge in [-0.05, 0) is 37.0 Å². The lowest BCUT2D eigenvalue weighted by atomic mass is 9.86. The third-order valence-electron chi connectivity index (χ3n) is 5.14. The number of fused-ring (bicyclic) bond motifs is 1. The molecule has 1 aromatic carbocycles. The maximum Gasteiger partial charge on any atom is 0.227 e. The fourth-order valence-electron chi connectivity index (χ4n) is 3.58. The summed E-state index contributed by atoms with van der Waals surface area (Å²) in [7, 11) is 1.62. The maximum atomic E-state index is 12.7. The van der Waals surface area contributed by atoms with E-state index in [9.17, 15) is 4.79 Å². The standard InChI is InChI=1S/C20H24N4O3/c1-26-17-4-2-3-16(12-17)22-19(25)14-5-6-18-15(11-14)13-21-20(23-18)24-7-9-27-10-8-24/h2-4,12-14H,5-11H2,1H3,(H,22,25)/t14-/m1/s1. The number of hydrogen-bond donors (Lipinski definition) is 1. The Balaban J connectivity index is 1.42. The van der Waals surface area contributed by atoms with Crippen LogP contribution in [0.5, 0.6) is 5.75 Å². The number of amides is 1. The van der Waals surface area contributed by atoms with E-state index in [1.807, 2.05) is 30.5 Å². The van der Waals surface area contributed by atoms with Crippen molar-refractivity contribution in [1.29, 1.82) is 0 Å². The average molecular weight is 368 g/mol. The molecule has 1 N–H and O–H groups in total. The van der Waals surface area contributed by atoms with Gasteiger partial charge in [-0.25, -0.2) is 9.97 Å². The van der Waals surface area contributed by atoms with Gasteiger partial charge >= 0.3 is 0 Å². The number of aromatic nitrogens is 2. The van der Waals surface area contributed by atoms with Gasteiger partial charge in [0.2, 0.25) is 11.9 Å². The fourth-order valence-corrected chi connectivity index (χ4v) is 3.58. The summed E-state index contributed by atoms with van der Waals surface area (Å²) in [5.41, 5.74) is 2.89. The van der Waals surface area contributed by atoms with Crippen molar-refractivity contribution in [2.24, 2.45) is 5.92 Å². The first-order valence-corrected chi connectivity index (χ1v) is 9.35. The second-order valence-corrected chi connectivity index (χ2v) is 6.90. The van der Waals surface area contributed by atoms with Crippen LogP contribution < -0.4 is 15.0 Å². The molecule has 2 aliphatic rings. The van der Waals surface area contributed by atoms with Gasteiger partial charge < -0.3 is 19.7 Å². The van der Waals surface area contributed by atoms with Gasteiger partial charge in [-0.1, -0.05) is 6.07 Å². The molecule has 1 atom stereocenters. The number of carbonyl (C=O) groups excluding carboxylic acids is 1. The minimum Gasteiger partial charge on any atom is -0.497 e. The van der Waals surface area contributed by atoms with E-state index in [4.69, 9.17) is 14.5 Å². The van der Waals surface area contributed by atoms with E-state index in [0.29, 0.717) is 19.6 Å². The second kappa shape index (κ2) is 7.92. The summed E-state index contributed by atoms with van der Waals surface area (Å²) >= 11 is 0. The van der Waals surface area contributed by atoms with Crippen molar-refractivity contribution in [3.05, 3.63) is 41.7 Å². The maximum absolute atomic E-state index is 12.7. The predicted molar refractivity (Wildman–Crippen MR) is 102 cm³/mol. The van der Waals surface area contributed by atoms with Gasteiger partial charge in [0, 0.05) is 42.7 Å². The Morgan fingerprint density at radius 2 is 2.19 bits per heavy atom. The largest absolute Gasteiger partial charge is 0.497 e. The summed E-state index contributed by atoms with van der Waals surface area (Å²) in [4.78, 5) is 24.1. The van der Waals surface area contributed by atoms with E-state index in [1.54, 1.807) is 7.11 Å². The van der Waals surface area contributed by atoms with Gasteiger partial charge in [-0.15, -0.1) is 0 Å². The Labute approximate surface area is 158 Å². The smallest absolute Gasteiger partial charge is 0.227 e. The number of methoxy groups -OCH3 is 1. The van der Waals surface area contributed by atoms with E-state index in [0.717, 1.165) is 54.6 Å². The van der Waals surface area contributed by atoms with Gasteiger partial charge in [0.05, 0.1) is 20.3 Å². The molecule has 2 heterocycles. The van der Waals surface area contributed by atoms with Crippen molar-refractivity contribution in [3.63, 3.8) is 0 Å². The molecule has 1 saturated heterocycles.